The number of hydrogen-bond donors (Lipinski definition) is 3. The van der Waals surface area contributed by atoms with Crippen molar-refractivity contribution in [1.82, 2.24) is 9.97 Å². The topological polar surface area (TPSA) is 68.3 Å². The van der Waals surface area contributed by atoms with E-state index in [-0.39, 0.29) is 6.10 Å². The summed E-state index contributed by atoms with van der Waals surface area (Å²) in [6.07, 6.45) is 1.59. The number of aromatic nitrogens is 2. The summed E-state index contributed by atoms with van der Waals surface area (Å²) in [5.41, 5.74) is 2.65. The zero-order valence-electron chi connectivity index (χ0n) is 15.6. The molecule has 1 aliphatic rings. The number of nitrogens with zero attached hydrogens (tertiary/aromatic N) is 2. The van der Waals surface area contributed by atoms with Crippen molar-refractivity contribution in [3.05, 3.63) is 41.1 Å². The van der Waals surface area contributed by atoms with Gasteiger partial charge in [0.1, 0.15) is 24.0 Å². The highest BCUT2D eigenvalue weighted by Gasteiger charge is 2.27. The average Bonchev–Trinajstić information content (AvgIpc) is 2.60. The average molecular weight is 461 g/mol. The quantitative estimate of drug-likeness (QED) is 0.455. The Balaban J connectivity index is 1.72. The first-order valence-electron chi connectivity index (χ1n) is 9.01. The van der Waals surface area contributed by atoms with Crippen LogP contribution in [0.1, 0.15) is 6.92 Å². The summed E-state index contributed by atoms with van der Waals surface area (Å²) in [5.74, 6) is 1.83. The second kappa shape index (κ2) is 8.14. The van der Waals surface area contributed by atoms with Crippen LogP contribution in [0.2, 0.25) is 0 Å². The summed E-state index contributed by atoms with van der Waals surface area (Å²) in [5, 5.41) is 7.33. The Hall–Kier alpha value is -2.03. The van der Waals surface area contributed by atoms with Crippen molar-refractivity contribution < 1.29 is 9.47 Å². The lowest BCUT2D eigenvalue weighted by Gasteiger charge is -2.32. The molecule has 0 saturated carbocycles. The molecule has 1 atom stereocenters. The predicted octanol–water partition coefficient (Wildman–Crippen LogP) is 4.88. The van der Waals surface area contributed by atoms with E-state index in [1.165, 1.54) is 0 Å². The summed E-state index contributed by atoms with van der Waals surface area (Å²) in [6, 6.07) is 9.83. The molecule has 1 saturated heterocycles. The van der Waals surface area contributed by atoms with E-state index in [1.54, 1.807) is 6.33 Å². The first-order chi connectivity index (χ1) is 13.5. The highest BCUT2D eigenvalue weighted by molar-refractivity contribution is 9.10. The molecule has 1 aliphatic heterocycles. The van der Waals surface area contributed by atoms with Crippen LogP contribution in [-0.4, -0.2) is 36.3 Å². The zero-order chi connectivity index (χ0) is 19.7. The highest BCUT2D eigenvalue weighted by Crippen LogP contribution is 2.36. The van der Waals surface area contributed by atoms with Gasteiger partial charge in [0.15, 0.2) is 0 Å². The van der Waals surface area contributed by atoms with Crippen LogP contribution >= 0.6 is 28.6 Å². The van der Waals surface area contributed by atoms with Crippen LogP contribution in [-0.2, 0) is 4.74 Å². The minimum Gasteiger partial charge on any atom is -0.489 e. The first kappa shape index (κ1) is 19.3. The van der Waals surface area contributed by atoms with Gasteiger partial charge in [0, 0.05) is 33.7 Å². The van der Waals surface area contributed by atoms with Crippen LogP contribution in [0, 0.1) is 5.92 Å². The molecule has 0 bridgehead atoms. The molecule has 1 aromatic heterocycles. The van der Waals surface area contributed by atoms with Crippen molar-refractivity contribution in [3.8, 4) is 5.75 Å². The van der Waals surface area contributed by atoms with Crippen molar-refractivity contribution in [3.63, 3.8) is 0 Å². The van der Waals surface area contributed by atoms with Crippen molar-refractivity contribution in [2.45, 2.75) is 17.9 Å². The summed E-state index contributed by atoms with van der Waals surface area (Å²) >= 11 is 8.08. The van der Waals surface area contributed by atoms with Crippen molar-refractivity contribution >= 4 is 56.7 Å². The maximum absolute atomic E-state index is 6.30. The van der Waals surface area contributed by atoms with E-state index < -0.39 is 0 Å². The minimum atomic E-state index is 0.0401. The van der Waals surface area contributed by atoms with Crippen molar-refractivity contribution in [2.75, 3.05) is 30.9 Å². The molecule has 2 N–H and O–H groups in total. The number of ether oxygens (including phenoxy) is 2. The van der Waals surface area contributed by atoms with Crippen LogP contribution in [0.3, 0.4) is 0 Å². The molecule has 4 rings (SSSR count). The Morgan fingerprint density at radius 1 is 1.25 bits per heavy atom. The molecule has 2 heterocycles. The number of fused-ring (bicyclic) bond motifs is 1. The van der Waals surface area contributed by atoms with Gasteiger partial charge in [0.2, 0.25) is 0 Å². The molecule has 6 nitrogen and oxygen atoms in total. The Morgan fingerprint density at radius 3 is 2.75 bits per heavy atom. The summed E-state index contributed by atoms with van der Waals surface area (Å²) in [7, 11) is 1.87. The Bertz CT molecular complexity index is 1010. The van der Waals surface area contributed by atoms with Gasteiger partial charge in [0.05, 0.1) is 24.1 Å². The smallest absolute Gasteiger partial charge is 0.145 e. The second-order valence-corrected chi connectivity index (χ2v) is 8.15. The lowest BCUT2D eigenvalue weighted by molar-refractivity contribution is -0.0773. The minimum absolute atomic E-state index is 0.0401. The van der Waals surface area contributed by atoms with Crippen LogP contribution in [0.4, 0.5) is 17.2 Å². The van der Waals surface area contributed by atoms with Gasteiger partial charge in [-0.25, -0.2) is 9.97 Å². The summed E-state index contributed by atoms with van der Waals surface area (Å²) < 4.78 is 12.5. The fourth-order valence-corrected chi connectivity index (χ4v) is 3.84. The van der Waals surface area contributed by atoms with E-state index in [9.17, 15) is 0 Å². The van der Waals surface area contributed by atoms with Gasteiger partial charge < -0.3 is 20.1 Å². The summed E-state index contributed by atoms with van der Waals surface area (Å²) in [4.78, 5) is 9.74. The van der Waals surface area contributed by atoms with E-state index in [4.69, 9.17) is 9.47 Å². The Kier molecular flexibility index (Phi) is 5.61. The van der Waals surface area contributed by atoms with E-state index in [0.717, 1.165) is 50.6 Å². The summed E-state index contributed by atoms with van der Waals surface area (Å²) in [6.45, 7) is 3.54. The highest BCUT2D eigenvalue weighted by atomic mass is 79.9. The Morgan fingerprint density at radius 2 is 2.07 bits per heavy atom. The van der Waals surface area contributed by atoms with Gasteiger partial charge in [-0.2, -0.15) is 0 Å². The van der Waals surface area contributed by atoms with E-state index in [2.05, 4.69) is 56.1 Å². The molecular weight excluding hydrogens is 440 g/mol. The molecule has 0 aliphatic carbocycles. The number of anilines is 3. The van der Waals surface area contributed by atoms with Crippen LogP contribution in [0.15, 0.2) is 46.0 Å². The van der Waals surface area contributed by atoms with Gasteiger partial charge in [-0.05, 0) is 37.3 Å². The third-order valence-corrected chi connectivity index (χ3v) is 5.66. The molecule has 3 aromatic rings. The van der Waals surface area contributed by atoms with Crippen LogP contribution in [0.5, 0.6) is 5.75 Å². The number of rotatable bonds is 6. The van der Waals surface area contributed by atoms with Gasteiger partial charge in [0.25, 0.3) is 0 Å². The fourth-order valence-electron chi connectivity index (χ4n) is 3.09. The SMILES string of the molecule is CNc1ccc(Nc2ncnc3cc(Br)cc(O[C@H](C)C4COC4)c23)cc1S. The number of benzene rings is 2. The molecular formula is C20H21BrN4O2S. The van der Waals surface area contributed by atoms with Crippen LogP contribution < -0.4 is 15.4 Å². The van der Waals surface area contributed by atoms with Gasteiger partial charge in [-0.15, -0.1) is 12.6 Å². The van der Waals surface area contributed by atoms with E-state index in [1.807, 2.05) is 37.4 Å². The number of halogens is 1. The predicted molar refractivity (Wildman–Crippen MR) is 118 cm³/mol. The third-order valence-electron chi connectivity index (χ3n) is 4.84. The lowest BCUT2D eigenvalue weighted by Crippen LogP contribution is -2.39. The molecule has 28 heavy (non-hydrogen) atoms. The second-order valence-electron chi connectivity index (χ2n) is 6.75. The number of nitrogens with one attached hydrogen (secondary N) is 2. The van der Waals surface area contributed by atoms with Gasteiger partial charge in [-0.1, -0.05) is 15.9 Å². The number of hydrogen-bond acceptors (Lipinski definition) is 7. The largest absolute Gasteiger partial charge is 0.489 e. The molecule has 0 spiro atoms. The van der Waals surface area contributed by atoms with Crippen molar-refractivity contribution in [2.24, 2.45) is 5.92 Å². The monoisotopic (exact) mass is 460 g/mol. The molecule has 2 aromatic carbocycles. The molecule has 1 fully saturated rings. The normalized spacial score (nSPS) is 15.1. The standard InChI is InChI=1S/C20H21BrN4O2S/c1-11(12-8-26-9-12)27-17-6-13(21)5-16-19(17)20(24-10-23-16)25-14-3-4-15(22-2)18(28)7-14/h3-7,10-12,22,28H,8-9H2,1-2H3,(H,23,24,25)/t11-/m1/s1. The van der Waals surface area contributed by atoms with E-state index >= 15 is 0 Å². The molecule has 0 amide bonds. The lowest BCUT2D eigenvalue weighted by atomic mass is 10.0. The molecule has 0 unspecified atom stereocenters. The van der Waals surface area contributed by atoms with Gasteiger partial charge >= 0.3 is 0 Å². The Labute approximate surface area is 177 Å². The maximum atomic E-state index is 6.30. The van der Waals surface area contributed by atoms with Crippen LogP contribution in [0.25, 0.3) is 10.9 Å². The van der Waals surface area contributed by atoms with Crippen molar-refractivity contribution in [1.29, 1.82) is 0 Å². The number of thiol groups is 1. The maximum Gasteiger partial charge on any atom is 0.145 e. The van der Waals surface area contributed by atoms with Gasteiger partial charge in [-0.3, -0.25) is 0 Å². The fraction of sp³-hybridized carbons (Fsp3) is 0.300. The van der Waals surface area contributed by atoms with E-state index in [0.29, 0.717) is 11.7 Å². The molecule has 146 valence electrons. The molecule has 0 radical (unpaired) electrons. The first-order valence-corrected chi connectivity index (χ1v) is 10.3. The zero-order valence-corrected chi connectivity index (χ0v) is 18.0. The molecule has 8 heteroatoms. The third kappa shape index (κ3) is 3.90.